The van der Waals surface area contributed by atoms with Crippen LogP contribution in [-0.4, -0.2) is 41.3 Å². The molecule has 1 aliphatic rings. The first-order valence-electron chi connectivity index (χ1n) is 7.84. The highest BCUT2D eigenvalue weighted by atomic mass is 16.5. The van der Waals surface area contributed by atoms with Crippen LogP contribution in [-0.2, 0) is 0 Å². The normalized spacial score (nSPS) is 16.5. The summed E-state index contributed by atoms with van der Waals surface area (Å²) in [5.74, 6) is 0.995. The first-order valence-corrected chi connectivity index (χ1v) is 7.84. The van der Waals surface area contributed by atoms with Crippen LogP contribution >= 0.6 is 0 Å². The molecule has 1 heterocycles. The Labute approximate surface area is 132 Å². The number of carbonyl (C=O) groups is 1. The van der Waals surface area contributed by atoms with E-state index in [4.69, 9.17) is 9.84 Å². The third-order valence-electron chi connectivity index (χ3n) is 3.70. The third-order valence-corrected chi connectivity index (χ3v) is 3.70. The largest absolute Gasteiger partial charge is 0.486 e. The van der Waals surface area contributed by atoms with Gasteiger partial charge in [0.1, 0.15) is 11.4 Å². The summed E-state index contributed by atoms with van der Waals surface area (Å²) in [7, 11) is 0. The van der Waals surface area contributed by atoms with Crippen LogP contribution in [0, 0.1) is 5.92 Å². The van der Waals surface area contributed by atoms with E-state index in [2.05, 4.69) is 5.32 Å². The summed E-state index contributed by atoms with van der Waals surface area (Å²) in [6, 6.07) is 7.37. The number of hydrogen-bond acceptors (Lipinski definition) is 3. The molecule has 5 heteroatoms. The predicted molar refractivity (Wildman–Crippen MR) is 87.2 cm³/mol. The number of ether oxygens (including phenoxy) is 1. The van der Waals surface area contributed by atoms with E-state index in [9.17, 15) is 4.79 Å². The van der Waals surface area contributed by atoms with Gasteiger partial charge in [0.25, 0.3) is 0 Å². The van der Waals surface area contributed by atoms with Crippen LogP contribution in [0.3, 0.4) is 0 Å². The first kappa shape index (κ1) is 16.6. The number of aliphatic hydroxyl groups is 1. The van der Waals surface area contributed by atoms with Crippen LogP contribution in [0.15, 0.2) is 24.3 Å². The topological polar surface area (TPSA) is 61.8 Å². The summed E-state index contributed by atoms with van der Waals surface area (Å²) < 4.78 is 5.89. The zero-order chi connectivity index (χ0) is 16.2. The number of urea groups is 1. The smallest absolute Gasteiger partial charge is 0.321 e. The summed E-state index contributed by atoms with van der Waals surface area (Å²) in [4.78, 5) is 14.2. The van der Waals surface area contributed by atoms with Crippen LogP contribution in [0.5, 0.6) is 5.75 Å². The van der Waals surface area contributed by atoms with Crippen LogP contribution in [0.1, 0.15) is 33.6 Å². The van der Waals surface area contributed by atoms with Gasteiger partial charge in [0.2, 0.25) is 0 Å². The number of piperidine rings is 1. The number of nitrogens with zero attached hydrogens (tertiary/aromatic N) is 1. The standard InChI is InChI=1S/C17H26N2O3/c1-17(2,3)22-15-7-5-4-6-14(15)18-16(21)19-10-8-13(12-20)9-11-19/h4-7,13,20H,8-12H2,1-3H3,(H,18,21). The predicted octanol–water partition coefficient (Wildman–Crippen LogP) is 3.10. The number of likely N-dealkylation sites (tertiary alicyclic amines) is 1. The van der Waals surface area contributed by atoms with Crippen molar-refractivity contribution in [3.8, 4) is 5.75 Å². The average Bonchev–Trinajstić information content (AvgIpc) is 2.48. The summed E-state index contributed by atoms with van der Waals surface area (Å²) in [6.45, 7) is 7.50. The summed E-state index contributed by atoms with van der Waals surface area (Å²) in [5.41, 5.74) is 0.368. The summed E-state index contributed by atoms with van der Waals surface area (Å²) in [6.07, 6.45) is 1.70. The zero-order valence-electron chi connectivity index (χ0n) is 13.6. The first-order chi connectivity index (χ1) is 10.4. The third kappa shape index (κ3) is 4.63. The maximum atomic E-state index is 12.4. The van der Waals surface area contributed by atoms with E-state index in [1.165, 1.54) is 0 Å². The molecule has 0 bridgehead atoms. The molecule has 0 saturated carbocycles. The van der Waals surface area contributed by atoms with Gasteiger partial charge < -0.3 is 20.1 Å². The molecule has 5 nitrogen and oxygen atoms in total. The molecular weight excluding hydrogens is 280 g/mol. The Bertz CT molecular complexity index is 503. The Morgan fingerprint density at radius 2 is 1.95 bits per heavy atom. The Morgan fingerprint density at radius 3 is 2.55 bits per heavy atom. The lowest BCUT2D eigenvalue weighted by atomic mass is 9.98. The van der Waals surface area contributed by atoms with E-state index in [0.29, 0.717) is 30.4 Å². The number of para-hydroxylation sites is 2. The van der Waals surface area contributed by atoms with Crippen molar-refractivity contribution in [3.05, 3.63) is 24.3 Å². The SMILES string of the molecule is CC(C)(C)Oc1ccccc1NC(=O)N1CCC(CO)CC1. The molecule has 0 aromatic heterocycles. The lowest BCUT2D eigenvalue weighted by molar-refractivity contribution is 0.131. The maximum absolute atomic E-state index is 12.4. The lowest BCUT2D eigenvalue weighted by Gasteiger charge is -2.31. The minimum absolute atomic E-state index is 0.110. The average molecular weight is 306 g/mol. The molecule has 22 heavy (non-hydrogen) atoms. The maximum Gasteiger partial charge on any atom is 0.321 e. The minimum atomic E-state index is -0.319. The highest BCUT2D eigenvalue weighted by Crippen LogP contribution is 2.28. The van der Waals surface area contributed by atoms with Crippen molar-refractivity contribution >= 4 is 11.7 Å². The van der Waals surface area contributed by atoms with Crippen molar-refractivity contribution < 1.29 is 14.6 Å². The molecule has 0 radical (unpaired) electrons. The molecule has 1 aliphatic heterocycles. The van der Waals surface area contributed by atoms with Gasteiger partial charge in [-0.05, 0) is 51.7 Å². The van der Waals surface area contributed by atoms with Gasteiger partial charge in [0, 0.05) is 19.7 Å². The Balaban J connectivity index is 2.00. The van der Waals surface area contributed by atoms with E-state index in [1.54, 1.807) is 4.90 Å². The Morgan fingerprint density at radius 1 is 1.32 bits per heavy atom. The second kappa shape index (κ2) is 7.01. The molecule has 0 spiro atoms. The van der Waals surface area contributed by atoms with Crippen molar-refractivity contribution in [2.24, 2.45) is 5.92 Å². The number of carbonyl (C=O) groups excluding carboxylic acids is 1. The highest BCUT2D eigenvalue weighted by molar-refractivity contribution is 5.91. The van der Waals surface area contributed by atoms with E-state index in [1.807, 2.05) is 45.0 Å². The number of benzene rings is 1. The monoisotopic (exact) mass is 306 g/mol. The molecular formula is C17H26N2O3. The van der Waals surface area contributed by atoms with Crippen molar-refractivity contribution in [1.29, 1.82) is 0 Å². The molecule has 2 N–H and O–H groups in total. The van der Waals surface area contributed by atoms with Crippen LogP contribution in [0.2, 0.25) is 0 Å². The fourth-order valence-electron chi connectivity index (χ4n) is 2.50. The molecule has 0 atom stereocenters. The van der Waals surface area contributed by atoms with Crippen LogP contribution in [0.4, 0.5) is 10.5 Å². The van der Waals surface area contributed by atoms with Gasteiger partial charge in [-0.3, -0.25) is 0 Å². The molecule has 2 rings (SSSR count). The van der Waals surface area contributed by atoms with Crippen molar-refractivity contribution in [2.75, 3.05) is 25.0 Å². The number of nitrogens with one attached hydrogen (secondary N) is 1. The van der Waals surface area contributed by atoms with E-state index in [-0.39, 0.29) is 18.2 Å². The van der Waals surface area contributed by atoms with Crippen molar-refractivity contribution in [2.45, 2.75) is 39.2 Å². The number of amides is 2. The van der Waals surface area contributed by atoms with Gasteiger partial charge in [0.15, 0.2) is 0 Å². The number of aliphatic hydroxyl groups excluding tert-OH is 1. The molecule has 2 amide bonds. The van der Waals surface area contributed by atoms with Crippen molar-refractivity contribution in [3.63, 3.8) is 0 Å². The van der Waals surface area contributed by atoms with E-state index in [0.717, 1.165) is 12.8 Å². The van der Waals surface area contributed by atoms with Gasteiger partial charge in [0.05, 0.1) is 5.69 Å². The van der Waals surface area contributed by atoms with Gasteiger partial charge >= 0.3 is 6.03 Å². The van der Waals surface area contributed by atoms with Crippen molar-refractivity contribution in [1.82, 2.24) is 4.90 Å². The highest BCUT2D eigenvalue weighted by Gasteiger charge is 2.23. The van der Waals surface area contributed by atoms with Crippen LogP contribution in [0.25, 0.3) is 0 Å². The quantitative estimate of drug-likeness (QED) is 0.902. The van der Waals surface area contributed by atoms with Gasteiger partial charge in [-0.1, -0.05) is 12.1 Å². The van der Waals surface area contributed by atoms with E-state index >= 15 is 0 Å². The molecule has 1 aromatic carbocycles. The van der Waals surface area contributed by atoms with E-state index < -0.39 is 0 Å². The number of rotatable bonds is 3. The fourth-order valence-corrected chi connectivity index (χ4v) is 2.50. The Kier molecular flexibility index (Phi) is 5.29. The fraction of sp³-hybridized carbons (Fsp3) is 0.588. The Hall–Kier alpha value is -1.75. The number of anilines is 1. The lowest BCUT2D eigenvalue weighted by Crippen LogP contribution is -2.41. The number of hydrogen-bond donors (Lipinski definition) is 2. The van der Waals surface area contributed by atoms with Crippen LogP contribution < -0.4 is 10.1 Å². The summed E-state index contributed by atoms with van der Waals surface area (Å²) >= 11 is 0. The molecule has 1 saturated heterocycles. The molecule has 0 aliphatic carbocycles. The molecule has 1 fully saturated rings. The second-order valence-electron chi connectivity index (χ2n) is 6.75. The van der Waals surface area contributed by atoms with Gasteiger partial charge in [-0.25, -0.2) is 4.79 Å². The molecule has 0 unspecified atom stereocenters. The minimum Gasteiger partial charge on any atom is -0.486 e. The molecule has 1 aromatic rings. The molecule has 122 valence electrons. The summed E-state index contributed by atoms with van der Waals surface area (Å²) in [5, 5.41) is 12.1. The van der Waals surface area contributed by atoms with Gasteiger partial charge in [-0.2, -0.15) is 0 Å². The second-order valence-corrected chi connectivity index (χ2v) is 6.75. The zero-order valence-corrected chi connectivity index (χ0v) is 13.6. The van der Waals surface area contributed by atoms with Gasteiger partial charge in [-0.15, -0.1) is 0 Å².